The van der Waals surface area contributed by atoms with E-state index < -0.39 is 15.8 Å². The molecule has 11 heteroatoms. The van der Waals surface area contributed by atoms with Gasteiger partial charge in [0.2, 0.25) is 0 Å². The van der Waals surface area contributed by atoms with Crippen molar-refractivity contribution in [2.75, 3.05) is 0 Å². The number of carbonyl (C=O) groups is 1. The second-order valence-electron chi connectivity index (χ2n) is 5.60. The van der Waals surface area contributed by atoms with E-state index in [2.05, 4.69) is 10.5 Å². The predicted octanol–water partition coefficient (Wildman–Crippen LogP) is 4.18. The molecular weight excluding hydrogens is 404 g/mol. The number of nitrogens with one attached hydrogen (secondary N) is 1. The number of non-ortho nitro benzene ring substituents is 1. The zero-order valence-electron chi connectivity index (χ0n) is 14.4. The Morgan fingerprint density at radius 3 is 2.52 bits per heavy atom. The summed E-state index contributed by atoms with van der Waals surface area (Å²) >= 11 is 6.06. The summed E-state index contributed by atoms with van der Waals surface area (Å²) in [6.45, 7) is 0. The summed E-state index contributed by atoms with van der Waals surface area (Å²) in [4.78, 5) is 32.6. The Morgan fingerprint density at radius 1 is 1.07 bits per heavy atom. The number of carbonyl (C=O) groups excluding carboxylic acids is 1. The molecule has 0 saturated heterocycles. The van der Waals surface area contributed by atoms with E-state index in [0.29, 0.717) is 11.3 Å². The predicted molar refractivity (Wildman–Crippen MR) is 104 cm³/mol. The van der Waals surface area contributed by atoms with Crippen LogP contribution >= 0.6 is 11.6 Å². The number of rotatable bonds is 6. The van der Waals surface area contributed by atoms with Gasteiger partial charge in [0, 0.05) is 23.8 Å². The van der Waals surface area contributed by atoms with E-state index in [1.807, 2.05) is 0 Å². The van der Waals surface area contributed by atoms with Crippen molar-refractivity contribution in [1.82, 2.24) is 5.43 Å². The molecule has 1 N–H and O–H groups in total. The van der Waals surface area contributed by atoms with Gasteiger partial charge in [-0.3, -0.25) is 25.0 Å². The summed E-state index contributed by atoms with van der Waals surface area (Å²) in [6.07, 6.45) is 1.20. The van der Waals surface area contributed by atoms with Gasteiger partial charge in [-0.2, -0.15) is 5.10 Å². The van der Waals surface area contributed by atoms with Crippen LogP contribution in [0.1, 0.15) is 16.1 Å². The lowest BCUT2D eigenvalue weighted by Gasteiger charge is -2.01. The second-order valence-corrected chi connectivity index (χ2v) is 6.00. The molecule has 3 aromatic rings. The third kappa shape index (κ3) is 4.45. The van der Waals surface area contributed by atoms with Gasteiger partial charge in [0.1, 0.15) is 17.1 Å². The number of amides is 1. The third-order valence-electron chi connectivity index (χ3n) is 3.76. The molecule has 1 amide bonds. The summed E-state index contributed by atoms with van der Waals surface area (Å²) in [5, 5.41) is 25.6. The Labute approximate surface area is 167 Å². The molecule has 0 aliphatic heterocycles. The van der Waals surface area contributed by atoms with Gasteiger partial charge >= 0.3 is 0 Å². The van der Waals surface area contributed by atoms with E-state index >= 15 is 0 Å². The largest absolute Gasteiger partial charge is 0.455 e. The molecule has 2 aromatic carbocycles. The number of nitrogens with zero attached hydrogens (tertiary/aromatic N) is 3. The molecule has 0 fully saturated rings. The van der Waals surface area contributed by atoms with Gasteiger partial charge < -0.3 is 4.42 Å². The number of para-hydroxylation sites is 1. The molecule has 1 aromatic heterocycles. The highest BCUT2D eigenvalue weighted by Gasteiger charge is 2.18. The number of nitro benzene ring substituents is 2. The molecule has 146 valence electrons. The lowest BCUT2D eigenvalue weighted by Crippen LogP contribution is -2.18. The van der Waals surface area contributed by atoms with Crippen LogP contribution in [-0.4, -0.2) is 22.0 Å². The van der Waals surface area contributed by atoms with Gasteiger partial charge in [-0.1, -0.05) is 23.7 Å². The van der Waals surface area contributed by atoms with Crippen molar-refractivity contribution in [3.05, 3.63) is 91.2 Å². The highest BCUT2D eigenvalue weighted by molar-refractivity contribution is 6.33. The third-order valence-corrected chi connectivity index (χ3v) is 4.07. The van der Waals surface area contributed by atoms with Gasteiger partial charge in [-0.15, -0.1) is 0 Å². The fourth-order valence-electron chi connectivity index (χ4n) is 2.42. The zero-order chi connectivity index (χ0) is 21.0. The maximum Gasteiger partial charge on any atom is 0.282 e. The first-order chi connectivity index (χ1) is 13.9. The van der Waals surface area contributed by atoms with E-state index in [0.717, 1.165) is 0 Å². The Hall–Kier alpha value is -4.05. The van der Waals surface area contributed by atoms with Crippen molar-refractivity contribution >= 4 is 35.1 Å². The highest BCUT2D eigenvalue weighted by atomic mass is 35.5. The molecule has 0 saturated carbocycles. The van der Waals surface area contributed by atoms with Crippen LogP contribution in [0.25, 0.3) is 11.3 Å². The van der Waals surface area contributed by atoms with E-state index in [-0.39, 0.29) is 27.7 Å². The number of halogens is 1. The fourth-order valence-corrected chi connectivity index (χ4v) is 2.69. The molecule has 0 unspecified atom stereocenters. The quantitative estimate of drug-likeness (QED) is 0.364. The Balaban J connectivity index is 1.72. The Kier molecular flexibility index (Phi) is 5.65. The minimum atomic E-state index is -0.751. The Bertz CT molecular complexity index is 1140. The Morgan fingerprint density at radius 2 is 1.83 bits per heavy atom. The van der Waals surface area contributed by atoms with Crippen molar-refractivity contribution in [2.45, 2.75) is 0 Å². The van der Waals surface area contributed by atoms with Crippen molar-refractivity contribution in [3.63, 3.8) is 0 Å². The summed E-state index contributed by atoms with van der Waals surface area (Å²) in [5.41, 5.74) is 2.01. The van der Waals surface area contributed by atoms with E-state index in [1.54, 1.807) is 12.1 Å². The maximum absolute atomic E-state index is 12.1. The lowest BCUT2D eigenvalue weighted by atomic mass is 10.1. The maximum atomic E-state index is 12.1. The van der Waals surface area contributed by atoms with Crippen LogP contribution in [-0.2, 0) is 0 Å². The number of nitro groups is 2. The number of hydrogen-bond donors (Lipinski definition) is 1. The van der Waals surface area contributed by atoms with Crippen LogP contribution in [0, 0.1) is 20.2 Å². The summed E-state index contributed by atoms with van der Waals surface area (Å²) in [5.74, 6) is -0.146. The van der Waals surface area contributed by atoms with Crippen LogP contribution in [0.2, 0.25) is 5.02 Å². The first-order valence-corrected chi connectivity index (χ1v) is 8.35. The summed E-state index contributed by atoms with van der Waals surface area (Å²) in [7, 11) is 0. The topological polar surface area (TPSA) is 141 Å². The molecule has 0 radical (unpaired) electrons. The summed E-state index contributed by atoms with van der Waals surface area (Å²) in [6, 6.07) is 12.6. The van der Waals surface area contributed by atoms with E-state index in [4.69, 9.17) is 16.0 Å². The van der Waals surface area contributed by atoms with Crippen LogP contribution in [0.5, 0.6) is 0 Å². The standard InChI is InChI=1S/C18H11ClN4O6/c19-15-9-11(22(25)26)5-7-13(15)17-8-6-12(29-17)10-20-21-18(24)14-3-1-2-4-16(14)23(27)28/h1-10H,(H,21,24)/b20-10-. The van der Waals surface area contributed by atoms with E-state index in [1.165, 1.54) is 48.7 Å². The molecule has 0 aliphatic rings. The molecule has 29 heavy (non-hydrogen) atoms. The van der Waals surface area contributed by atoms with Gasteiger partial charge in [-0.25, -0.2) is 5.43 Å². The monoisotopic (exact) mass is 414 g/mol. The molecule has 0 atom stereocenters. The average Bonchev–Trinajstić information content (AvgIpc) is 3.16. The van der Waals surface area contributed by atoms with E-state index in [9.17, 15) is 25.0 Å². The minimum Gasteiger partial charge on any atom is -0.455 e. The fraction of sp³-hybridized carbons (Fsp3) is 0. The van der Waals surface area contributed by atoms with Crippen molar-refractivity contribution < 1.29 is 19.1 Å². The average molecular weight is 415 g/mol. The molecular formula is C18H11ClN4O6. The minimum absolute atomic E-state index is 0.132. The molecule has 0 bridgehead atoms. The smallest absolute Gasteiger partial charge is 0.282 e. The van der Waals surface area contributed by atoms with Gasteiger partial charge in [0.05, 0.1) is 21.1 Å². The number of hydrazone groups is 1. The SMILES string of the molecule is O=C(N/N=C\c1ccc(-c2ccc([N+](=O)[O-])cc2Cl)o1)c1ccccc1[N+](=O)[O-]. The van der Waals surface area contributed by atoms with Gasteiger partial charge in [0.25, 0.3) is 17.3 Å². The first kappa shape index (κ1) is 19.7. The van der Waals surface area contributed by atoms with Crippen LogP contribution in [0.15, 0.2) is 64.1 Å². The van der Waals surface area contributed by atoms with Crippen LogP contribution < -0.4 is 5.43 Å². The van der Waals surface area contributed by atoms with Crippen LogP contribution in [0.4, 0.5) is 11.4 Å². The number of benzene rings is 2. The number of hydrogen-bond acceptors (Lipinski definition) is 7. The second kappa shape index (κ2) is 8.31. The highest BCUT2D eigenvalue weighted by Crippen LogP contribution is 2.32. The van der Waals surface area contributed by atoms with Crippen LogP contribution in [0.3, 0.4) is 0 Å². The van der Waals surface area contributed by atoms with Gasteiger partial charge in [-0.05, 0) is 24.3 Å². The van der Waals surface area contributed by atoms with Crippen molar-refractivity contribution in [2.24, 2.45) is 5.10 Å². The molecule has 0 spiro atoms. The number of furan rings is 1. The van der Waals surface area contributed by atoms with Crippen molar-refractivity contribution in [1.29, 1.82) is 0 Å². The zero-order valence-corrected chi connectivity index (χ0v) is 15.2. The molecule has 3 rings (SSSR count). The molecule has 1 heterocycles. The first-order valence-electron chi connectivity index (χ1n) is 7.98. The molecule has 0 aliphatic carbocycles. The lowest BCUT2D eigenvalue weighted by molar-refractivity contribution is -0.385. The molecule has 10 nitrogen and oxygen atoms in total. The van der Waals surface area contributed by atoms with Crippen molar-refractivity contribution in [3.8, 4) is 11.3 Å². The normalized spacial score (nSPS) is 10.8. The van der Waals surface area contributed by atoms with Gasteiger partial charge in [0.15, 0.2) is 0 Å². The summed E-state index contributed by atoms with van der Waals surface area (Å²) < 4.78 is 5.54.